The van der Waals surface area contributed by atoms with E-state index >= 15 is 0 Å². The number of fused-ring (bicyclic) bond motifs is 1. The average Bonchev–Trinajstić information content (AvgIpc) is 3.04. The smallest absolute Gasteiger partial charge is 0.379 e. The highest BCUT2D eigenvalue weighted by atomic mass is 32.2. The van der Waals surface area contributed by atoms with Gasteiger partial charge in [-0.3, -0.25) is 14.4 Å². The van der Waals surface area contributed by atoms with Crippen LogP contribution < -0.4 is 16.2 Å². The molecule has 0 bridgehead atoms. The monoisotopic (exact) mass is 703 g/mol. The zero-order valence-corrected chi connectivity index (χ0v) is 26.5. The van der Waals surface area contributed by atoms with Gasteiger partial charge in [0.2, 0.25) is 0 Å². The predicted octanol–water partition coefficient (Wildman–Crippen LogP) is 3.09. The van der Waals surface area contributed by atoms with Gasteiger partial charge in [-0.2, -0.15) is 23.5 Å². The Morgan fingerprint density at radius 2 is 1.78 bits per heavy atom. The molecule has 0 fully saturated rings. The van der Waals surface area contributed by atoms with Crippen molar-refractivity contribution in [3.63, 3.8) is 0 Å². The highest BCUT2D eigenvalue weighted by molar-refractivity contribution is 7.91. The van der Waals surface area contributed by atoms with Gasteiger partial charge in [0.05, 0.1) is 58.6 Å². The van der Waals surface area contributed by atoms with Crippen molar-refractivity contribution in [3.8, 4) is 6.07 Å². The van der Waals surface area contributed by atoms with E-state index < -0.39 is 74.2 Å². The lowest BCUT2D eigenvalue weighted by atomic mass is 10.0. The van der Waals surface area contributed by atoms with Crippen molar-refractivity contribution in [1.29, 1.82) is 5.26 Å². The zero-order chi connectivity index (χ0) is 36.0. The number of hydrogen-bond acceptors (Lipinski definition) is 9. The van der Waals surface area contributed by atoms with E-state index in [1.807, 2.05) is 5.32 Å². The molecule has 258 valence electrons. The first-order chi connectivity index (χ1) is 23.0. The van der Waals surface area contributed by atoms with E-state index in [2.05, 4.69) is 15.5 Å². The molecule has 4 rings (SSSR count). The van der Waals surface area contributed by atoms with Crippen molar-refractivity contribution >= 4 is 38.1 Å². The van der Waals surface area contributed by atoms with Crippen LogP contribution >= 0.6 is 0 Å². The molecule has 2 amide bonds. The Labute approximate surface area is 276 Å². The first-order valence-corrected chi connectivity index (χ1v) is 16.3. The van der Waals surface area contributed by atoms with Crippen molar-refractivity contribution in [2.45, 2.75) is 25.1 Å². The summed E-state index contributed by atoms with van der Waals surface area (Å²) in [5, 5.41) is 31.4. The van der Waals surface area contributed by atoms with Gasteiger partial charge in [-0.05, 0) is 48.9 Å². The Morgan fingerprint density at radius 3 is 2.47 bits per heavy atom. The molecule has 49 heavy (non-hydrogen) atoms. The van der Waals surface area contributed by atoms with E-state index in [0.717, 1.165) is 25.1 Å². The fourth-order valence-corrected chi connectivity index (χ4v) is 6.27. The summed E-state index contributed by atoms with van der Waals surface area (Å²) in [7, 11) is -4.14. The van der Waals surface area contributed by atoms with Crippen LogP contribution in [0.4, 0.5) is 23.2 Å². The van der Waals surface area contributed by atoms with Crippen molar-refractivity contribution in [3.05, 3.63) is 105 Å². The molecule has 4 aromatic rings. The molecule has 0 saturated carbocycles. The van der Waals surface area contributed by atoms with E-state index in [9.17, 15) is 45.5 Å². The molecular formula is C32H29F4N5O7S. The van der Waals surface area contributed by atoms with E-state index in [1.54, 1.807) is 24.3 Å². The maximum Gasteiger partial charge on any atom is 0.417 e. The number of nitrogens with one attached hydrogen (secondary N) is 3. The molecule has 0 spiro atoms. The molecule has 0 unspecified atom stereocenters. The number of H-pyrrole nitrogens is 1. The third kappa shape index (κ3) is 9.47. The van der Waals surface area contributed by atoms with Crippen LogP contribution in [0.5, 0.6) is 0 Å². The molecule has 0 saturated heterocycles. The van der Waals surface area contributed by atoms with E-state index in [1.165, 1.54) is 18.2 Å². The number of aromatic amines is 1. The lowest BCUT2D eigenvalue weighted by Gasteiger charge is -2.22. The van der Waals surface area contributed by atoms with Crippen molar-refractivity contribution < 1.29 is 45.4 Å². The SMILES string of the molecule is C[C@@](O)(CS(=O)(=O)CCOCCNC(=O)c1cc(Cc2n[nH]c(=O)c3ccccc23)ccc1F)C(=O)Nc1ccc(C#N)c(C(F)(F)F)c1. The van der Waals surface area contributed by atoms with Gasteiger partial charge in [0.1, 0.15) is 5.82 Å². The number of benzene rings is 3. The minimum Gasteiger partial charge on any atom is -0.379 e. The first kappa shape index (κ1) is 36.7. The molecular weight excluding hydrogens is 674 g/mol. The molecule has 1 heterocycles. The number of carbonyl (C=O) groups is 2. The van der Waals surface area contributed by atoms with Crippen LogP contribution in [0.1, 0.15) is 39.7 Å². The number of hydrogen-bond donors (Lipinski definition) is 4. The molecule has 12 nitrogen and oxygen atoms in total. The lowest BCUT2D eigenvalue weighted by molar-refractivity contribution is -0.137. The number of aromatic nitrogens is 2. The fraction of sp³-hybridized carbons (Fsp3) is 0.281. The molecule has 0 aliphatic carbocycles. The van der Waals surface area contributed by atoms with Gasteiger partial charge < -0.3 is 20.5 Å². The topological polar surface area (TPSA) is 191 Å². The van der Waals surface area contributed by atoms with Gasteiger partial charge in [-0.1, -0.05) is 24.3 Å². The van der Waals surface area contributed by atoms with Crippen LogP contribution in [-0.2, 0) is 32.0 Å². The summed E-state index contributed by atoms with van der Waals surface area (Å²) in [6.07, 6.45) is -4.71. The molecule has 3 aromatic carbocycles. The molecule has 17 heteroatoms. The molecule has 0 aliphatic heterocycles. The number of anilines is 1. The average molecular weight is 704 g/mol. The maximum absolute atomic E-state index is 14.5. The summed E-state index contributed by atoms with van der Waals surface area (Å²) in [5.41, 5.74) is -4.52. The van der Waals surface area contributed by atoms with Crippen LogP contribution in [0.25, 0.3) is 10.8 Å². The Hall–Kier alpha value is -5.18. The van der Waals surface area contributed by atoms with Gasteiger partial charge >= 0.3 is 6.18 Å². The third-order valence-electron chi connectivity index (χ3n) is 7.19. The summed E-state index contributed by atoms with van der Waals surface area (Å²) in [6.45, 7) is 0.175. The molecule has 0 aliphatic rings. The normalized spacial score (nSPS) is 13.0. The Kier molecular flexibility index (Phi) is 11.2. The number of ether oxygens (including phenoxy) is 1. The molecule has 1 aromatic heterocycles. The zero-order valence-electron chi connectivity index (χ0n) is 25.7. The van der Waals surface area contributed by atoms with E-state index in [-0.39, 0.29) is 30.7 Å². The fourth-order valence-electron chi connectivity index (χ4n) is 4.76. The predicted molar refractivity (Wildman–Crippen MR) is 169 cm³/mol. The van der Waals surface area contributed by atoms with Gasteiger partial charge in [-0.15, -0.1) is 0 Å². The van der Waals surface area contributed by atoms with Crippen LogP contribution in [0.15, 0.2) is 65.5 Å². The summed E-state index contributed by atoms with van der Waals surface area (Å²) in [5.74, 6) is -4.58. The number of halogens is 4. The van der Waals surface area contributed by atoms with Gasteiger partial charge in [0.15, 0.2) is 15.4 Å². The number of alkyl halides is 3. The van der Waals surface area contributed by atoms with Crippen molar-refractivity contribution in [2.75, 3.05) is 36.6 Å². The summed E-state index contributed by atoms with van der Waals surface area (Å²) >= 11 is 0. The Morgan fingerprint density at radius 1 is 1.06 bits per heavy atom. The first-order valence-electron chi connectivity index (χ1n) is 14.5. The molecule has 0 radical (unpaired) electrons. The Balaban J connectivity index is 1.25. The third-order valence-corrected chi connectivity index (χ3v) is 8.98. The number of nitriles is 1. The van der Waals surface area contributed by atoms with Crippen LogP contribution in [0.2, 0.25) is 0 Å². The van der Waals surface area contributed by atoms with Gasteiger partial charge in [0, 0.05) is 24.0 Å². The number of sulfone groups is 1. The van der Waals surface area contributed by atoms with E-state index in [0.29, 0.717) is 28.1 Å². The van der Waals surface area contributed by atoms with Crippen molar-refractivity contribution in [1.82, 2.24) is 15.5 Å². The number of aliphatic hydroxyl groups is 1. The summed E-state index contributed by atoms with van der Waals surface area (Å²) in [6, 6.07) is 14.5. The number of carbonyl (C=O) groups excluding carboxylic acids is 2. The van der Waals surface area contributed by atoms with Crippen LogP contribution in [-0.4, -0.2) is 72.4 Å². The van der Waals surface area contributed by atoms with Crippen molar-refractivity contribution in [2.24, 2.45) is 0 Å². The second-order valence-corrected chi connectivity index (χ2v) is 13.3. The number of rotatable bonds is 13. The van der Waals surface area contributed by atoms with Crippen LogP contribution in [0.3, 0.4) is 0 Å². The number of nitrogens with zero attached hydrogens (tertiary/aromatic N) is 2. The maximum atomic E-state index is 14.5. The second-order valence-electron chi connectivity index (χ2n) is 11.1. The highest BCUT2D eigenvalue weighted by Gasteiger charge is 2.37. The minimum atomic E-state index is -4.90. The lowest BCUT2D eigenvalue weighted by Crippen LogP contribution is -2.46. The largest absolute Gasteiger partial charge is 0.417 e. The number of amides is 2. The summed E-state index contributed by atoms with van der Waals surface area (Å²) < 4.78 is 84.5. The quantitative estimate of drug-likeness (QED) is 0.120. The summed E-state index contributed by atoms with van der Waals surface area (Å²) in [4.78, 5) is 37.3. The molecule has 4 N–H and O–H groups in total. The van der Waals surface area contributed by atoms with Gasteiger partial charge in [0.25, 0.3) is 17.4 Å². The Bertz CT molecular complexity index is 2090. The molecule has 1 atom stereocenters. The van der Waals surface area contributed by atoms with Gasteiger partial charge in [-0.25, -0.2) is 17.9 Å². The minimum absolute atomic E-state index is 0.126. The standard InChI is InChI=1S/C32H29F4N5O7S/c1-31(45,30(44)39-21-8-7-20(17-37)25(16-21)32(34,35)36)18-49(46,47)13-12-48-11-10-38-28(42)24-14-19(6-9-26(24)33)15-27-22-4-2-3-5-23(22)29(43)41-40-27/h2-9,14,16,45H,10-13,15,18H2,1H3,(H,38,42)(H,39,44)(H,41,43)/t31-/m1/s1. The van der Waals surface area contributed by atoms with Crippen LogP contribution in [0, 0.1) is 17.1 Å². The second kappa shape index (κ2) is 14.9. The highest BCUT2D eigenvalue weighted by Crippen LogP contribution is 2.33. The van der Waals surface area contributed by atoms with E-state index in [4.69, 9.17) is 10.00 Å².